The second kappa shape index (κ2) is 8.50. The molecule has 1 aliphatic heterocycles. The van der Waals surface area contributed by atoms with E-state index >= 15 is 0 Å². The van der Waals surface area contributed by atoms with Crippen LogP contribution in [0.15, 0.2) is 36.9 Å². The first-order valence-corrected chi connectivity index (χ1v) is 8.85. The number of para-hydroxylation sites is 1. The van der Waals surface area contributed by atoms with E-state index in [2.05, 4.69) is 44.5 Å². The van der Waals surface area contributed by atoms with Crippen LogP contribution in [0.2, 0.25) is 0 Å². The first-order chi connectivity index (χ1) is 11.8. The van der Waals surface area contributed by atoms with Gasteiger partial charge in [-0.2, -0.15) is 0 Å². The third-order valence-electron chi connectivity index (χ3n) is 4.45. The smallest absolute Gasteiger partial charge is 0.255 e. The van der Waals surface area contributed by atoms with Gasteiger partial charge in [-0.15, -0.1) is 0 Å². The Bertz CT molecular complexity index is 590. The summed E-state index contributed by atoms with van der Waals surface area (Å²) in [6.45, 7) is 14.8. The predicted octanol–water partition coefficient (Wildman–Crippen LogP) is 2.87. The Morgan fingerprint density at radius 2 is 2.00 bits per heavy atom. The molecule has 0 bridgehead atoms. The second-order valence-corrected chi connectivity index (χ2v) is 7.25. The highest BCUT2D eigenvalue weighted by Crippen LogP contribution is 2.22. The van der Waals surface area contributed by atoms with Crippen molar-refractivity contribution < 1.29 is 14.3 Å². The summed E-state index contributed by atoms with van der Waals surface area (Å²) >= 11 is 0. The van der Waals surface area contributed by atoms with Gasteiger partial charge in [-0.25, -0.2) is 0 Å². The lowest BCUT2D eigenvalue weighted by Gasteiger charge is -2.45. The van der Waals surface area contributed by atoms with E-state index in [0.29, 0.717) is 24.5 Å². The van der Waals surface area contributed by atoms with Crippen molar-refractivity contribution in [2.75, 3.05) is 26.2 Å². The maximum Gasteiger partial charge on any atom is 0.255 e. The summed E-state index contributed by atoms with van der Waals surface area (Å²) in [5, 5.41) is 3.06. The summed E-state index contributed by atoms with van der Waals surface area (Å²) in [7, 11) is 0. The number of amides is 1. The molecule has 0 saturated carbocycles. The van der Waals surface area contributed by atoms with Crippen molar-refractivity contribution in [1.82, 2.24) is 10.2 Å². The van der Waals surface area contributed by atoms with Crippen molar-refractivity contribution in [3.05, 3.63) is 42.5 Å². The van der Waals surface area contributed by atoms with Crippen LogP contribution in [-0.2, 0) is 4.74 Å². The Balaban J connectivity index is 2.00. The van der Waals surface area contributed by atoms with Crippen LogP contribution in [0.5, 0.6) is 5.75 Å². The van der Waals surface area contributed by atoms with Crippen LogP contribution in [0.25, 0.3) is 0 Å². The Morgan fingerprint density at radius 3 is 2.64 bits per heavy atom. The number of rotatable bonds is 7. The third kappa shape index (κ3) is 5.31. The molecule has 2 atom stereocenters. The molecule has 1 fully saturated rings. The normalized spacial score (nSPS) is 21.6. The molecule has 0 spiro atoms. The average Bonchev–Trinajstić information content (AvgIpc) is 2.57. The van der Waals surface area contributed by atoms with Gasteiger partial charge in [0.25, 0.3) is 5.91 Å². The maximum absolute atomic E-state index is 12.6. The average molecular weight is 346 g/mol. The molecule has 1 amide bonds. The standard InChI is InChI=1S/C20H30N2O3/c1-6-11-24-18-10-8-7-9-17(18)19(23)21-14-20(4,5)22-12-15(2)25-16(3)13-22/h6-10,15-16H,1,11-14H2,2-5H3,(H,21,23)/t15-,16-/m0/s1. The van der Waals surface area contributed by atoms with Crippen LogP contribution in [0.3, 0.4) is 0 Å². The molecule has 25 heavy (non-hydrogen) atoms. The first-order valence-electron chi connectivity index (χ1n) is 8.85. The summed E-state index contributed by atoms with van der Waals surface area (Å²) in [5.41, 5.74) is 0.391. The lowest BCUT2D eigenvalue weighted by molar-refractivity contribution is -0.0948. The zero-order chi connectivity index (χ0) is 18.4. The second-order valence-electron chi connectivity index (χ2n) is 7.25. The molecule has 1 saturated heterocycles. The summed E-state index contributed by atoms with van der Waals surface area (Å²) in [5.74, 6) is 0.452. The van der Waals surface area contributed by atoms with E-state index in [0.717, 1.165) is 13.1 Å². The highest BCUT2D eigenvalue weighted by Gasteiger charge is 2.33. The maximum atomic E-state index is 12.6. The fourth-order valence-corrected chi connectivity index (χ4v) is 3.10. The molecule has 1 N–H and O–H groups in total. The van der Waals surface area contributed by atoms with Crippen LogP contribution in [0, 0.1) is 0 Å². The van der Waals surface area contributed by atoms with Crippen molar-refractivity contribution in [3.63, 3.8) is 0 Å². The van der Waals surface area contributed by atoms with E-state index in [1.165, 1.54) is 0 Å². The highest BCUT2D eigenvalue weighted by atomic mass is 16.5. The number of carbonyl (C=O) groups is 1. The van der Waals surface area contributed by atoms with E-state index in [1.54, 1.807) is 18.2 Å². The number of nitrogens with one attached hydrogen (secondary N) is 1. The minimum atomic E-state index is -0.154. The molecule has 5 nitrogen and oxygen atoms in total. The lowest BCUT2D eigenvalue weighted by atomic mass is 10.00. The molecular formula is C20H30N2O3. The molecular weight excluding hydrogens is 316 g/mol. The minimum absolute atomic E-state index is 0.123. The first kappa shape index (κ1) is 19.5. The van der Waals surface area contributed by atoms with Crippen molar-refractivity contribution in [3.8, 4) is 5.75 Å². The van der Waals surface area contributed by atoms with Gasteiger partial charge in [0.05, 0.1) is 17.8 Å². The number of benzene rings is 1. The van der Waals surface area contributed by atoms with E-state index < -0.39 is 0 Å². The molecule has 5 heteroatoms. The van der Waals surface area contributed by atoms with Gasteiger partial charge in [0, 0.05) is 25.2 Å². The summed E-state index contributed by atoms with van der Waals surface area (Å²) in [4.78, 5) is 15.0. The van der Waals surface area contributed by atoms with Crippen molar-refractivity contribution in [2.45, 2.75) is 45.4 Å². The van der Waals surface area contributed by atoms with E-state index in [1.807, 2.05) is 12.1 Å². The molecule has 138 valence electrons. The number of morpholine rings is 1. The SMILES string of the molecule is C=CCOc1ccccc1C(=O)NCC(C)(C)N1C[C@H](C)O[C@@H](C)C1. The van der Waals surface area contributed by atoms with Gasteiger partial charge in [0.15, 0.2) is 0 Å². The molecule has 1 aliphatic rings. The van der Waals surface area contributed by atoms with Crippen molar-refractivity contribution in [1.29, 1.82) is 0 Å². The van der Waals surface area contributed by atoms with Gasteiger partial charge < -0.3 is 14.8 Å². The monoisotopic (exact) mass is 346 g/mol. The zero-order valence-electron chi connectivity index (χ0n) is 15.7. The zero-order valence-corrected chi connectivity index (χ0v) is 15.7. The number of carbonyl (C=O) groups excluding carboxylic acids is 1. The number of hydrogen-bond donors (Lipinski definition) is 1. The molecule has 0 aliphatic carbocycles. The van der Waals surface area contributed by atoms with Crippen LogP contribution >= 0.6 is 0 Å². The van der Waals surface area contributed by atoms with Gasteiger partial charge in [0.1, 0.15) is 12.4 Å². The number of hydrogen-bond acceptors (Lipinski definition) is 4. The van der Waals surface area contributed by atoms with Gasteiger partial charge >= 0.3 is 0 Å². The minimum Gasteiger partial charge on any atom is -0.489 e. The molecule has 0 unspecified atom stereocenters. The third-order valence-corrected chi connectivity index (χ3v) is 4.45. The molecule has 2 rings (SSSR count). The number of ether oxygens (including phenoxy) is 2. The van der Waals surface area contributed by atoms with Crippen molar-refractivity contribution >= 4 is 5.91 Å². The quantitative estimate of drug-likeness (QED) is 0.772. The number of nitrogens with zero attached hydrogens (tertiary/aromatic N) is 1. The van der Waals surface area contributed by atoms with Gasteiger partial charge in [-0.3, -0.25) is 9.69 Å². The van der Waals surface area contributed by atoms with Gasteiger partial charge in [0.2, 0.25) is 0 Å². The van der Waals surface area contributed by atoms with Crippen LogP contribution < -0.4 is 10.1 Å². The Kier molecular flexibility index (Phi) is 6.62. The van der Waals surface area contributed by atoms with Crippen molar-refractivity contribution in [2.24, 2.45) is 0 Å². The topological polar surface area (TPSA) is 50.8 Å². The highest BCUT2D eigenvalue weighted by molar-refractivity contribution is 5.96. The molecule has 1 heterocycles. The summed E-state index contributed by atoms with van der Waals surface area (Å²) < 4.78 is 11.4. The fraction of sp³-hybridized carbons (Fsp3) is 0.550. The molecule has 0 radical (unpaired) electrons. The van der Waals surface area contributed by atoms with Crippen LogP contribution in [-0.4, -0.2) is 54.8 Å². The van der Waals surface area contributed by atoms with Crippen LogP contribution in [0.1, 0.15) is 38.1 Å². The molecule has 1 aromatic carbocycles. The fourth-order valence-electron chi connectivity index (χ4n) is 3.10. The van der Waals surface area contributed by atoms with E-state index in [-0.39, 0.29) is 23.7 Å². The predicted molar refractivity (Wildman–Crippen MR) is 100 cm³/mol. The lowest BCUT2D eigenvalue weighted by Crippen LogP contribution is -2.58. The molecule has 1 aromatic rings. The van der Waals surface area contributed by atoms with E-state index in [9.17, 15) is 4.79 Å². The Morgan fingerprint density at radius 1 is 1.36 bits per heavy atom. The molecule has 0 aromatic heterocycles. The Hall–Kier alpha value is -1.85. The van der Waals surface area contributed by atoms with Gasteiger partial charge in [-0.05, 0) is 39.8 Å². The van der Waals surface area contributed by atoms with Crippen LogP contribution in [0.4, 0.5) is 0 Å². The van der Waals surface area contributed by atoms with E-state index in [4.69, 9.17) is 9.47 Å². The summed E-state index contributed by atoms with van der Waals surface area (Å²) in [6, 6.07) is 7.27. The Labute approximate surface area is 151 Å². The largest absolute Gasteiger partial charge is 0.489 e. The van der Waals surface area contributed by atoms with Gasteiger partial charge in [-0.1, -0.05) is 24.8 Å². The summed E-state index contributed by atoms with van der Waals surface area (Å²) in [6.07, 6.45) is 2.07.